The quantitative estimate of drug-likeness (QED) is 0.226. The molecule has 2 aromatic rings. The van der Waals surface area contributed by atoms with Gasteiger partial charge in [-0.3, -0.25) is 38.5 Å². The maximum Gasteiger partial charge on any atom is 0.272 e. The summed E-state index contributed by atoms with van der Waals surface area (Å²) in [4.78, 5) is 102. The maximum absolute atomic E-state index is 14.1. The second-order valence-electron chi connectivity index (χ2n) is 14.8. The second kappa shape index (κ2) is 20.0. The Kier molecular flexibility index (Phi) is 14.9. The number of carbonyl (C=O) groups is 7. The number of carbonyl (C=O) groups excluding carboxylic acids is 7. The van der Waals surface area contributed by atoms with Gasteiger partial charge in [-0.05, 0) is 76.0 Å². The zero-order valence-corrected chi connectivity index (χ0v) is 32.1. The third-order valence-corrected chi connectivity index (χ3v) is 10.7. The largest absolute Gasteiger partial charge is 0.391 e. The summed E-state index contributed by atoms with van der Waals surface area (Å²) in [6.07, 6.45) is 3.35. The van der Waals surface area contributed by atoms with E-state index in [0.717, 1.165) is 5.56 Å². The summed E-state index contributed by atoms with van der Waals surface area (Å²) in [7, 11) is 0. The summed E-state index contributed by atoms with van der Waals surface area (Å²) >= 11 is 0. The highest BCUT2D eigenvalue weighted by molar-refractivity contribution is 5.97. The predicted octanol–water partition coefficient (Wildman–Crippen LogP) is 0.198. The van der Waals surface area contributed by atoms with Crippen molar-refractivity contribution in [2.45, 2.75) is 108 Å². The van der Waals surface area contributed by atoms with Crippen LogP contribution in [0.15, 0.2) is 54.7 Å². The van der Waals surface area contributed by atoms with E-state index in [1.807, 2.05) is 30.3 Å². The number of aliphatic hydroxyl groups is 1. The van der Waals surface area contributed by atoms with Gasteiger partial charge in [0.1, 0.15) is 35.9 Å². The van der Waals surface area contributed by atoms with E-state index in [1.165, 1.54) is 11.8 Å². The van der Waals surface area contributed by atoms with Crippen LogP contribution in [0.25, 0.3) is 0 Å². The van der Waals surface area contributed by atoms with Crippen molar-refractivity contribution in [2.75, 3.05) is 26.2 Å². The first-order chi connectivity index (χ1) is 27.0. The van der Waals surface area contributed by atoms with Gasteiger partial charge in [-0.2, -0.15) is 0 Å². The molecular formula is C40H54N8O8. The standard InChI is InChI=1S/C40H54N8O8/c1-3-28-35(51)46-33(25(2)49)38(54)45-31(24-26-12-5-4-6-13-26)40(56)48-21-11-16-32(48)37(53)42-20-10-7-14-29(36(52)43-28)44-34(50)27-17-22-47(23-18-27)39(55)30-15-8-9-19-41-30/h4-6,8-9,12-13,15,19,25,27-29,31-33,49H,3,7,10-11,14,16-18,20-24H2,1-2H3,(H,42,53)(H,43,52)(H,44,50)(H,45,54)(H,46,51)/t25-,28+,29+,31-,32+,33+/m1/s1. The van der Waals surface area contributed by atoms with Gasteiger partial charge in [0.25, 0.3) is 5.91 Å². The molecule has 16 nitrogen and oxygen atoms in total. The number of piperidine rings is 1. The van der Waals surface area contributed by atoms with Gasteiger partial charge in [0.2, 0.25) is 35.4 Å². The monoisotopic (exact) mass is 774 g/mol. The zero-order chi connectivity index (χ0) is 40.2. The highest BCUT2D eigenvalue weighted by atomic mass is 16.3. The number of hydrogen-bond acceptors (Lipinski definition) is 9. The molecule has 1 aromatic heterocycles. The van der Waals surface area contributed by atoms with Gasteiger partial charge in [-0.15, -0.1) is 0 Å². The lowest BCUT2D eigenvalue weighted by molar-refractivity contribution is -0.142. The predicted molar refractivity (Wildman–Crippen MR) is 204 cm³/mol. The van der Waals surface area contributed by atoms with E-state index in [9.17, 15) is 38.7 Å². The van der Waals surface area contributed by atoms with E-state index in [2.05, 4.69) is 31.6 Å². The van der Waals surface area contributed by atoms with Crippen LogP contribution in [0, 0.1) is 5.92 Å². The first-order valence-corrected chi connectivity index (χ1v) is 19.7. The van der Waals surface area contributed by atoms with Crippen molar-refractivity contribution in [1.29, 1.82) is 0 Å². The molecule has 6 atom stereocenters. The number of hydrogen-bond donors (Lipinski definition) is 6. The summed E-state index contributed by atoms with van der Waals surface area (Å²) < 4.78 is 0. The number of nitrogens with one attached hydrogen (secondary N) is 5. The first-order valence-electron chi connectivity index (χ1n) is 19.7. The molecule has 302 valence electrons. The Morgan fingerprint density at radius 2 is 1.54 bits per heavy atom. The fourth-order valence-corrected chi connectivity index (χ4v) is 7.46. The van der Waals surface area contributed by atoms with Gasteiger partial charge in [0.15, 0.2) is 0 Å². The molecule has 0 radical (unpaired) electrons. The summed E-state index contributed by atoms with van der Waals surface area (Å²) in [5.41, 5.74) is 1.09. The Balaban J connectivity index is 1.31. The van der Waals surface area contributed by atoms with Crippen LogP contribution in [0.2, 0.25) is 0 Å². The van der Waals surface area contributed by atoms with Crippen molar-refractivity contribution in [3.63, 3.8) is 0 Å². The number of aromatic nitrogens is 1. The fraction of sp³-hybridized carbons (Fsp3) is 0.550. The highest BCUT2D eigenvalue weighted by Crippen LogP contribution is 2.22. The van der Waals surface area contributed by atoms with Crippen molar-refractivity contribution in [3.05, 3.63) is 66.0 Å². The lowest BCUT2D eigenvalue weighted by Crippen LogP contribution is -2.61. The van der Waals surface area contributed by atoms with E-state index >= 15 is 0 Å². The van der Waals surface area contributed by atoms with Crippen LogP contribution in [-0.4, -0.2) is 124 Å². The average Bonchev–Trinajstić information content (AvgIpc) is 3.71. The summed E-state index contributed by atoms with van der Waals surface area (Å²) in [6.45, 7) is 4.28. The van der Waals surface area contributed by atoms with Gasteiger partial charge >= 0.3 is 0 Å². The van der Waals surface area contributed by atoms with Crippen molar-refractivity contribution >= 4 is 41.4 Å². The Bertz CT molecular complexity index is 1700. The lowest BCUT2D eigenvalue weighted by atomic mass is 9.94. The molecule has 0 saturated carbocycles. The molecular weight excluding hydrogens is 720 g/mol. The zero-order valence-electron chi connectivity index (χ0n) is 32.1. The smallest absolute Gasteiger partial charge is 0.272 e. The minimum absolute atomic E-state index is 0.111. The van der Waals surface area contributed by atoms with Crippen molar-refractivity contribution in [2.24, 2.45) is 5.92 Å². The Morgan fingerprint density at radius 1 is 0.821 bits per heavy atom. The van der Waals surface area contributed by atoms with Gasteiger partial charge in [-0.25, -0.2) is 0 Å². The fourth-order valence-electron chi connectivity index (χ4n) is 7.46. The molecule has 0 spiro atoms. The number of likely N-dealkylation sites (tertiary alicyclic amines) is 1. The molecule has 0 unspecified atom stereocenters. The summed E-state index contributed by atoms with van der Waals surface area (Å²) in [5.74, 6) is -3.92. The molecule has 0 bridgehead atoms. The number of aliphatic hydroxyl groups excluding tert-OH is 1. The molecule has 3 fully saturated rings. The van der Waals surface area contributed by atoms with Gasteiger partial charge in [-0.1, -0.05) is 43.3 Å². The number of rotatable bonds is 7. The maximum atomic E-state index is 14.1. The van der Waals surface area contributed by atoms with Crippen LogP contribution in [0.5, 0.6) is 0 Å². The summed E-state index contributed by atoms with van der Waals surface area (Å²) in [5, 5.41) is 24.5. The lowest BCUT2D eigenvalue weighted by Gasteiger charge is -2.32. The van der Waals surface area contributed by atoms with E-state index in [1.54, 1.807) is 36.2 Å². The molecule has 3 saturated heterocycles. The van der Waals surface area contributed by atoms with Crippen molar-refractivity contribution in [1.82, 2.24) is 41.4 Å². The normalized spacial score (nSPS) is 25.6. The Labute approximate surface area is 326 Å². The number of fused-ring (bicyclic) bond motifs is 1. The molecule has 1 aromatic carbocycles. The second-order valence-corrected chi connectivity index (χ2v) is 14.8. The molecule has 6 N–H and O–H groups in total. The highest BCUT2D eigenvalue weighted by Gasteiger charge is 2.40. The molecule has 7 amide bonds. The van der Waals surface area contributed by atoms with Crippen LogP contribution in [-0.2, 0) is 35.2 Å². The van der Waals surface area contributed by atoms with Crippen LogP contribution in [0.3, 0.4) is 0 Å². The van der Waals surface area contributed by atoms with Gasteiger partial charge < -0.3 is 41.5 Å². The van der Waals surface area contributed by atoms with E-state index in [0.29, 0.717) is 63.9 Å². The van der Waals surface area contributed by atoms with E-state index in [-0.39, 0.29) is 43.5 Å². The molecule has 16 heteroatoms. The average molecular weight is 775 g/mol. The number of nitrogens with zero attached hydrogens (tertiary/aromatic N) is 3. The summed E-state index contributed by atoms with van der Waals surface area (Å²) in [6, 6.07) is 8.71. The van der Waals surface area contributed by atoms with Gasteiger partial charge in [0, 0.05) is 44.7 Å². The molecule has 5 rings (SSSR count). The van der Waals surface area contributed by atoms with Crippen LogP contribution in [0.4, 0.5) is 0 Å². The number of amides is 7. The first kappa shape index (κ1) is 41.8. The minimum atomic E-state index is -1.48. The molecule has 3 aliphatic rings. The topological polar surface area (TPSA) is 219 Å². The van der Waals surface area contributed by atoms with Crippen molar-refractivity contribution in [3.8, 4) is 0 Å². The Morgan fingerprint density at radius 3 is 2.21 bits per heavy atom. The third-order valence-electron chi connectivity index (χ3n) is 10.7. The van der Waals surface area contributed by atoms with Crippen LogP contribution >= 0.6 is 0 Å². The Hall–Kier alpha value is -5.38. The third kappa shape index (κ3) is 10.9. The van der Waals surface area contributed by atoms with Gasteiger partial charge in [0.05, 0.1) is 6.10 Å². The molecule has 4 heterocycles. The molecule has 56 heavy (non-hydrogen) atoms. The number of pyridine rings is 1. The van der Waals surface area contributed by atoms with E-state index in [4.69, 9.17) is 0 Å². The molecule has 3 aliphatic heterocycles. The molecule has 0 aliphatic carbocycles. The van der Waals surface area contributed by atoms with E-state index < -0.39 is 65.9 Å². The number of benzene rings is 1. The van der Waals surface area contributed by atoms with Crippen molar-refractivity contribution < 1.29 is 38.7 Å². The minimum Gasteiger partial charge on any atom is -0.391 e. The SMILES string of the molecule is CC[C@@H]1NC(=O)[C@@H](NC(=O)C2CCN(C(=O)c3ccccn3)CC2)CCCCNC(=O)[C@@H]2CCCN2C(=O)[C@@H](Cc2ccccc2)NC(=O)[C@H]([C@@H](C)O)NC1=O. The van der Waals surface area contributed by atoms with Crippen LogP contribution in [0.1, 0.15) is 81.3 Å². The van der Waals surface area contributed by atoms with Crippen LogP contribution < -0.4 is 26.6 Å².